The van der Waals surface area contributed by atoms with Crippen molar-refractivity contribution in [3.63, 3.8) is 0 Å². The van der Waals surface area contributed by atoms with E-state index in [9.17, 15) is 4.79 Å². The van der Waals surface area contributed by atoms with Gasteiger partial charge in [0.25, 0.3) is 0 Å². The summed E-state index contributed by atoms with van der Waals surface area (Å²) in [5, 5.41) is 3.00. The van der Waals surface area contributed by atoms with E-state index in [1.165, 1.54) is 0 Å². The van der Waals surface area contributed by atoms with Crippen molar-refractivity contribution in [3.05, 3.63) is 30.1 Å². The number of nitrogens with zero attached hydrogens (tertiary/aromatic N) is 1. The second kappa shape index (κ2) is 5.03. The third-order valence-corrected chi connectivity index (χ3v) is 3.77. The summed E-state index contributed by atoms with van der Waals surface area (Å²) in [6.45, 7) is 2.86. The minimum absolute atomic E-state index is 0.220. The van der Waals surface area contributed by atoms with Crippen molar-refractivity contribution >= 4 is 16.9 Å². The molecule has 0 aliphatic heterocycles. The summed E-state index contributed by atoms with van der Waals surface area (Å²) in [4.78, 5) is 19.5. The molecule has 3 rings (SSSR count). The van der Waals surface area contributed by atoms with Gasteiger partial charge < -0.3 is 10.3 Å². The predicted molar refractivity (Wildman–Crippen MR) is 74.7 cm³/mol. The molecule has 0 bridgehead atoms. The zero-order valence-electron chi connectivity index (χ0n) is 11.1. The van der Waals surface area contributed by atoms with E-state index in [1.54, 1.807) is 0 Å². The first kappa shape index (κ1) is 12.2. The number of carbonyl (C=O) groups excluding carboxylic acids is 1. The Kier molecular flexibility index (Phi) is 3.23. The van der Waals surface area contributed by atoms with Crippen molar-refractivity contribution in [2.75, 3.05) is 6.54 Å². The molecule has 1 fully saturated rings. The lowest BCUT2D eigenvalue weighted by molar-refractivity contribution is -0.122. The van der Waals surface area contributed by atoms with Gasteiger partial charge in [-0.15, -0.1) is 0 Å². The number of rotatable bonds is 5. The molecule has 0 spiro atoms. The summed E-state index contributed by atoms with van der Waals surface area (Å²) in [5.74, 6) is 2.06. The number of amides is 1. The summed E-state index contributed by atoms with van der Waals surface area (Å²) in [6.07, 6.45) is 2.84. The molecule has 0 radical (unpaired) electrons. The summed E-state index contributed by atoms with van der Waals surface area (Å²) in [6, 6.07) is 8.03. The average molecular weight is 257 g/mol. The number of fused-ring (bicyclic) bond motifs is 1. The van der Waals surface area contributed by atoms with Crippen LogP contribution in [0.5, 0.6) is 0 Å². The van der Waals surface area contributed by atoms with Gasteiger partial charge in [0.15, 0.2) is 0 Å². The van der Waals surface area contributed by atoms with Crippen molar-refractivity contribution in [2.24, 2.45) is 11.8 Å². The van der Waals surface area contributed by atoms with Crippen LogP contribution in [0.2, 0.25) is 0 Å². The molecule has 0 saturated heterocycles. The standard InChI is InChI=1S/C15H19N3O/c1-10-9-11(10)15(19)16-8-4-7-14-17-12-5-2-3-6-13(12)18-14/h2-3,5-6,10-11H,4,7-9H2,1H3,(H,16,19)(H,17,18)/t10-,11+/m1/s1. The van der Waals surface area contributed by atoms with Crippen LogP contribution in [0, 0.1) is 11.8 Å². The average Bonchev–Trinajstić information content (AvgIpc) is 3.00. The number of aromatic amines is 1. The molecule has 1 aliphatic carbocycles. The molecular weight excluding hydrogens is 238 g/mol. The number of hydrogen-bond donors (Lipinski definition) is 2. The second-order valence-corrected chi connectivity index (χ2v) is 5.41. The Morgan fingerprint density at radius 2 is 2.26 bits per heavy atom. The van der Waals surface area contributed by atoms with E-state index < -0.39 is 0 Å². The molecule has 0 unspecified atom stereocenters. The van der Waals surface area contributed by atoms with Gasteiger partial charge in [0.2, 0.25) is 5.91 Å². The molecule has 1 aliphatic rings. The van der Waals surface area contributed by atoms with Crippen LogP contribution in [0.15, 0.2) is 24.3 Å². The van der Waals surface area contributed by atoms with Crippen LogP contribution in [-0.2, 0) is 11.2 Å². The highest BCUT2D eigenvalue weighted by atomic mass is 16.2. The number of aryl methyl sites for hydroxylation is 1. The van der Waals surface area contributed by atoms with E-state index in [2.05, 4.69) is 22.2 Å². The topological polar surface area (TPSA) is 57.8 Å². The minimum atomic E-state index is 0.220. The summed E-state index contributed by atoms with van der Waals surface area (Å²) < 4.78 is 0. The maximum atomic E-state index is 11.6. The number of carbonyl (C=O) groups is 1. The third kappa shape index (κ3) is 2.78. The number of imidazole rings is 1. The second-order valence-electron chi connectivity index (χ2n) is 5.41. The smallest absolute Gasteiger partial charge is 0.223 e. The van der Waals surface area contributed by atoms with E-state index in [0.29, 0.717) is 5.92 Å². The first-order valence-corrected chi connectivity index (χ1v) is 6.95. The van der Waals surface area contributed by atoms with E-state index in [1.807, 2.05) is 24.3 Å². The highest BCUT2D eigenvalue weighted by molar-refractivity contribution is 5.81. The largest absolute Gasteiger partial charge is 0.356 e. The first-order valence-electron chi connectivity index (χ1n) is 6.95. The van der Waals surface area contributed by atoms with E-state index >= 15 is 0 Å². The Morgan fingerprint density at radius 1 is 1.47 bits per heavy atom. The van der Waals surface area contributed by atoms with Crippen molar-refractivity contribution < 1.29 is 4.79 Å². The molecule has 1 saturated carbocycles. The van der Waals surface area contributed by atoms with Gasteiger partial charge in [-0.05, 0) is 30.9 Å². The maximum absolute atomic E-state index is 11.6. The molecule has 1 amide bonds. The van der Waals surface area contributed by atoms with Crippen molar-refractivity contribution in [3.8, 4) is 0 Å². The molecule has 19 heavy (non-hydrogen) atoms. The Labute approximate surface area is 112 Å². The van der Waals surface area contributed by atoms with Gasteiger partial charge in [0.1, 0.15) is 5.82 Å². The Morgan fingerprint density at radius 3 is 3.00 bits per heavy atom. The highest BCUT2D eigenvalue weighted by Crippen LogP contribution is 2.37. The number of hydrogen-bond acceptors (Lipinski definition) is 2. The Bertz CT molecular complexity index is 557. The molecule has 2 atom stereocenters. The molecule has 4 nitrogen and oxygen atoms in total. The Hall–Kier alpha value is -1.84. The molecule has 4 heteroatoms. The number of H-pyrrole nitrogens is 1. The van der Waals surface area contributed by atoms with Crippen LogP contribution in [-0.4, -0.2) is 22.4 Å². The first-order chi connectivity index (χ1) is 9.24. The lowest BCUT2D eigenvalue weighted by Gasteiger charge is -2.02. The lowest BCUT2D eigenvalue weighted by atomic mass is 10.2. The fourth-order valence-corrected chi connectivity index (χ4v) is 2.41. The van der Waals surface area contributed by atoms with Gasteiger partial charge in [-0.2, -0.15) is 0 Å². The quantitative estimate of drug-likeness (QED) is 0.807. The summed E-state index contributed by atoms with van der Waals surface area (Å²) in [5.41, 5.74) is 2.08. The van der Waals surface area contributed by atoms with Crippen LogP contribution in [0.1, 0.15) is 25.6 Å². The molecule has 1 aromatic carbocycles. The van der Waals surface area contributed by atoms with Crippen LogP contribution < -0.4 is 5.32 Å². The van der Waals surface area contributed by atoms with Gasteiger partial charge >= 0.3 is 0 Å². The third-order valence-electron chi connectivity index (χ3n) is 3.77. The van der Waals surface area contributed by atoms with E-state index in [-0.39, 0.29) is 11.8 Å². The van der Waals surface area contributed by atoms with Gasteiger partial charge in [0, 0.05) is 18.9 Å². The fraction of sp³-hybridized carbons (Fsp3) is 0.467. The number of aromatic nitrogens is 2. The molecule has 1 aromatic heterocycles. The molecule has 2 aromatic rings. The van der Waals surface area contributed by atoms with Gasteiger partial charge in [-0.3, -0.25) is 4.79 Å². The summed E-state index contributed by atoms with van der Waals surface area (Å²) >= 11 is 0. The molecule has 2 N–H and O–H groups in total. The van der Waals surface area contributed by atoms with Crippen LogP contribution >= 0.6 is 0 Å². The van der Waals surface area contributed by atoms with Gasteiger partial charge in [0.05, 0.1) is 11.0 Å². The minimum Gasteiger partial charge on any atom is -0.356 e. The van der Waals surface area contributed by atoms with Crippen molar-refractivity contribution in [1.29, 1.82) is 0 Å². The zero-order valence-corrected chi connectivity index (χ0v) is 11.1. The summed E-state index contributed by atoms with van der Waals surface area (Å²) in [7, 11) is 0. The van der Waals surface area contributed by atoms with Gasteiger partial charge in [-0.1, -0.05) is 19.1 Å². The Balaban J connectivity index is 1.45. The normalized spacial score (nSPS) is 21.5. The zero-order chi connectivity index (χ0) is 13.2. The monoisotopic (exact) mass is 257 g/mol. The van der Waals surface area contributed by atoms with Crippen LogP contribution in [0.25, 0.3) is 11.0 Å². The fourth-order valence-electron chi connectivity index (χ4n) is 2.41. The maximum Gasteiger partial charge on any atom is 0.223 e. The number of para-hydroxylation sites is 2. The SMILES string of the molecule is C[C@@H]1C[C@@H]1C(=O)NCCCc1nc2ccccc2[nH]1. The van der Waals surface area contributed by atoms with Gasteiger partial charge in [-0.25, -0.2) is 4.98 Å². The van der Waals surface area contributed by atoms with Crippen molar-refractivity contribution in [2.45, 2.75) is 26.2 Å². The number of benzene rings is 1. The molecule has 1 heterocycles. The van der Waals surface area contributed by atoms with E-state index in [4.69, 9.17) is 0 Å². The van der Waals surface area contributed by atoms with Crippen LogP contribution in [0.4, 0.5) is 0 Å². The van der Waals surface area contributed by atoms with Crippen molar-refractivity contribution in [1.82, 2.24) is 15.3 Å². The molecule has 100 valence electrons. The lowest BCUT2D eigenvalue weighted by Crippen LogP contribution is -2.26. The van der Waals surface area contributed by atoms with Crippen LogP contribution in [0.3, 0.4) is 0 Å². The van der Waals surface area contributed by atoms with E-state index in [0.717, 1.165) is 42.7 Å². The molecular formula is C15H19N3O. The predicted octanol–water partition coefficient (Wildman–Crippen LogP) is 2.27. The number of nitrogens with one attached hydrogen (secondary N) is 2. The highest BCUT2D eigenvalue weighted by Gasteiger charge is 2.38.